The molecule has 1 fully saturated rings. The van der Waals surface area contributed by atoms with Crippen molar-refractivity contribution in [3.05, 3.63) is 29.6 Å². The van der Waals surface area contributed by atoms with Crippen LogP contribution in [0.15, 0.2) is 18.2 Å². The number of piperidine rings is 1. The van der Waals surface area contributed by atoms with E-state index < -0.39 is 0 Å². The molecule has 2 heterocycles. The van der Waals surface area contributed by atoms with Crippen LogP contribution in [0.2, 0.25) is 0 Å². The SMILES string of the molecule is CC[C@@H]1CN(/C(=C/C=O)c2nc(C#N)ccc2N(C)C)C(C)CC1O. The Morgan fingerprint density at radius 3 is 2.80 bits per heavy atom. The van der Waals surface area contributed by atoms with Gasteiger partial charge in [-0.1, -0.05) is 6.92 Å². The summed E-state index contributed by atoms with van der Waals surface area (Å²) in [6.45, 7) is 4.76. The Bertz CT molecular complexity index is 693. The van der Waals surface area contributed by atoms with Gasteiger partial charge in [0.25, 0.3) is 0 Å². The van der Waals surface area contributed by atoms with E-state index in [2.05, 4.69) is 22.9 Å². The van der Waals surface area contributed by atoms with Crippen LogP contribution in [0.5, 0.6) is 0 Å². The monoisotopic (exact) mass is 342 g/mol. The Balaban J connectivity index is 2.54. The molecule has 0 amide bonds. The number of rotatable bonds is 5. The van der Waals surface area contributed by atoms with Gasteiger partial charge < -0.3 is 14.9 Å². The van der Waals surface area contributed by atoms with Gasteiger partial charge >= 0.3 is 0 Å². The van der Waals surface area contributed by atoms with E-state index in [1.165, 1.54) is 6.08 Å². The van der Waals surface area contributed by atoms with Crippen LogP contribution in [0.25, 0.3) is 5.70 Å². The topological polar surface area (TPSA) is 80.5 Å². The van der Waals surface area contributed by atoms with Crippen LogP contribution in [-0.2, 0) is 4.79 Å². The molecule has 25 heavy (non-hydrogen) atoms. The molecule has 1 aromatic rings. The predicted molar refractivity (Wildman–Crippen MR) is 97.9 cm³/mol. The number of aldehydes is 1. The summed E-state index contributed by atoms with van der Waals surface area (Å²) in [7, 11) is 3.81. The molecule has 0 bridgehead atoms. The normalized spacial score (nSPS) is 23.9. The van der Waals surface area contributed by atoms with Crippen LogP contribution in [-0.4, -0.2) is 54.1 Å². The average Bonchev–Trinajstić information content (AvgIpc) is 2.59. The lowest BCUT2D eigenvalue weighted by molar-refractivity contribution is -0.104. The van der Waals surface area contributed by atoms with Crippen molar-refractivity contribution < 1.29 is 9.90 Å². The van der Waals surface area contributed by atoms with Crippen molar-refractivity contribution in [3.63, 3.8) is 0 Å². The minimum absolute atomic E-state index is 0.0755. The van der Waals surface area contributed by atoms with E-state index in [-0.39, 0.29) is 18.1 Å². The Kier molecular flexibility index (Phi) is 6.16. The molecule has 1 aliphatic heterocycles. The summed E-state index contributed by atoms with van der Waals surface area (Å²) in [5.74, 6) is 0.146. The molecule has 2 rings (SSSR count). The molecule has 6 heteroatoms. The van der Waals surface area contributed by atoms with Gasteiger partial charge in [0.1, 0.15) is 23.7 Å². The van der Waals surface area contributed by atoms with Gasteiger partial charge in [0.05, 0.1) is 17.5 Å². The maximum Gasteiger partial charge on any atom is 0.144 e. The third-order valence-corrected chi connectivity index (χ3v) is 4.86. The van der Waals surface area contributed by atoms with Gasteiger partial charge in [-0.3, -0.25) is 4.79 Å². The van der Waals surface area contributed by atoms with E-state index in [4.69, 9.17) is 0 Å². The molecule has 0 saturated carbocycles. The Labute approximate surface area is 149 Å². The number of nitriles is 1. The highest BCUT2D eigenvalue weighted by atomic mass is 16.3. The predicted octanol–water partition coefficient (Wildman–Crippen LogP) is 2.04. The first-order valence-electron chi connectivity index (χ1n) is 8.61. The maximum absolute atomic E-state index is 11.3. The second kappa shape index (κ2) is 8.13. The van der Waals surface area contributed by atoms with Crippen LogP contribution in [0.3, 0.4) is 0 Å². The van der Waals surface area contributed by atoms with Gasteiger partial charge in [0.2, 0.25) is 0 Å². The number of carbonyl (C=O) groups excluding carboxylic acids is 1. The zero-order chi connectivity index (χ0) is 18.6. The number of likely N-dealkylation sites (tertiary alicyclic amines) is 1. The molecule has 2 unspecified atom stereocenters. The molecule has 3 atom stereocenters. The molecule has 0 radical (unpaired) electrons. The number of anilines is 1. The van der Waals surface area contributed by atoms with Gasteiger partial charge in [-0.05, 0) is 31.9 Å². The molecule has 1 aromatic heterocycles. The van der Waals surface area contributed by atoms with Crippen molar-refractivity contribution in [2.24, 2.45) is 5.92 Å². The van der Waals surface area contributed by atoms with E-state index in [0.29, 0.717) is 30.1 Å². The summed E-state index contributed by atoms with van der Waals surface area (Å²) in [6, 6.07) is 5.67. The number of hydrogen-bond donors (Lipinski definition) is 1. The highest BCUT2D eigenvalue weighted by Crippen LogP contribution is 2.34. The van der Waals surface area contributed by atoms with Crippen molar-refractivity contribution >= 4 is 17.7 Å². The number of aromatic nitrogens is 1. The van der Waals surface area contributed by atoms with Crippen LogP contribution >= 0.6 is 0 Å². The summed E-state index contributed by atoms with van der Waals surface area (Å²) in [4.78, 5) is 19.9. The van der Waals surface area contributed by atoms with Crippen molar-refractivity contribution in [2.45, 2.75) is 38.8 Å². The number of aliphatic hydroxyl groups is 1. The van der Waals surface area contributed by atoms with E-state index >= 15 is 0 Å². The molecular formula is C19H26N4O2. The Hall–Kier alpha value is -2.39. The standard InChI is InChI=1S/C19H26N4O2/c1-5-14-12-23(13(2)10-18(14)25)17(8-9-24)19-16(22(3)4)7-6-15(11-20)21-19/h6-9,13-14,18,25H,5,10,12H2,1-4H3/b17-8+/t13?,14-,18?/m1/s1. The minimum atomic E-state index is -0.333. The summed E-state index contributed by atoms with van der Waals surface area (Å²) in [5.41, 5.74) is 2.48. The minimum Gasteiger partial charge on any atom is -0.393 e. The number of carbonyl (C=O) groups is 1. The van der Waals surface area contributed by atoms with E-state index in [9.17, 15) is 15.2 Å². The van der Waals surface area contributed by atoms with Crippen molar-refractivity contribution in [1.82, 2.24) is 9.88 Å². The molecule has 0 aromatic carbocycles. The second-order valence-corrected chi connectivity index (χ2v) is 6.73. The van der Waals surface area contributed by atoms with Gasteiger partial charge in [-0.15, -0.1) is 0 Å². The smallest absolute Gasteiger partial charge is 0.144 e. The van der Waals surface area contributed by atoms with Gasteiger partial charge in [-0.2, -0.15) is 5.26 Å². The van der Waals surface area contributed by atoms with Crippen LogP contribution < -0.4 is 4.90 Å². The van der Waals surface area contributed by atoms with Gasteiger partial charge in [0.15, 0.2) is 0 Å². The van der Waals surface area contributed by atoms with Crippen molar-refractivity contribution in [1.29, 1.82) is 5.26 Å². The van der Waals surface area contributed by atoms with E-state index in [0.717, 1.165) is 18.4 Å². The molecule has 1 aliphatic rings. The van der Waals surface area contributed by atoms with E-state index in [1.807, 2.05) is 32.0 Å². The van der Waals surface area contributed by atoms with Crippen molar-refractivity contribution in [3.8, 4) is 6.07 Å². The zero-order valence-electron chi connectivity index (χ0n) is 15.3. The molecule has 134 valence electrons. The lowest BCUT2D eigenvalue weighted by Crippen LogP contribution is -2.47. The fourth-order valence-corrected chi connectivity index (χ4v) is 3.40. The van der Waals surface area contributed by atoms with E-state index in [1.54, 1.807) is 6.07 Å². The number of aliphatic hydroxyl groups excluding tert-OH is 1. The lowest BCUT2D eigenvalue weighted by Gasteiger charge is -2.43. The number of pyridine rings is 1. The molecule has 1 N–H and O–H groups in total. The Morgan fingerprint density at radius 2 is 2.24 bits per heavy atom. The maximum atomic E-state index is 11.3. The number of nitrogens with zero attached hydrogens (tertiary/aromatic N) is 4. The van der Waals surface area contributed by atoms with Crippen LogP contribution in [0.4, 0.5) is 5.69 Å². The average molecular weight is 342 g/mol. The summed E-state index contributed by atoms with van der Waals surface area (Å²) >= 11 is 0. The lowest BCUT2D eigenvalue weighted by atomic mass is 9.88. The largest absolute Gasteiger partial charge is 0.393 e. The Morgan fingerprint density at radius 1 is 1.52 bits per heavy atom. The summed E-state index contributed by atoms with van der Waals surface area (Å²) in [5, 5.41) is 19.5. The first-order chi connectivity index (χ1) is 11.9. The quantitative estimate of drug-likeness (QED) is 0.651. The van der Waals surface area contributed by atoms with Gasteiger partial charge in [0, 0.05) is 38.7 Å². The molecule has 6 nitrogen and oxygen atoms in total. The second-order valence-electron chi connectivity index (χ2n) is 6.73. The fraction of sp³-hybridized carbons (Fsp3) is 0.526. The third-order valence-electron chi connectivity index (χ3n) is 4.86. The highest BCUT2D eigenvalue weighted by molar-refractivity contribution is 5.84. The summed E-state index contributed by atoms with van der Waals surface area (Å²) < 4.78 is 0. The third kappa shape index (κ3) is 3.99. The van der Waals surface area contributed by atoms with Crippen molar-refractivity contribution in [2.75, 3.05) is 25.5 Å². The molecule has 1 saturated heterocycles. The van der Waals surface area contributed by atoms with Gasteiger partial charge in [-0.25, -0.2) is 4.98 Å². The highest BCUT2D eigenvalue weighted by Gasteiger charge is 2.33. The first-order valence-corrected chi connectivity index (χ1v) is 8.61. The zero-order valence-corrected chi connectivity index (χ0v) is 15.3. The van der Waals surface area contributed by atoms with Crippen LogP contribution in [0.1, 0.15) is 38.1 Å². The first kappa shape index (κ1) is 18.9. The summed E-state index contributed by atoms with van der Waals surface area (Å²) in [6.07, 6.45) is 3.45. The number of hydrogen-bond acceptors (Lipinski definition) is 6. The molecule has 0 spiro atoms. The fourth-order valence-electron chi connectivity index (χ4n) is 3.40. The molecule has 0 aliphatic carbocycles. The van der Waals surface area contributed by atoms with Crippen LogP contribution in [0, 0.1) is 17.2 Å². The number of allylic oxidation sites excluding steroid dienone is 1. The molecular weight excluding hydrogens is 316 g/mol.